The summed E-state index contributed by atoms with van der Waals surface area (Å²) in [6, 6.07) is 2.83. The topological polar surface area (TPSA) is 123 Å². The second-order valence-electron chi connectivity index (χ2n) is 3.85. The van der Waals surface area contributed by atoms with Gasteiger partial charge >= 0.3 is 6.03 Å². The highest BCUT2D eigenvalue weighted by Gasteiger charge is 2.10. The van der Waals surface area contributed by atoms with Crippen molar-refractivity contribution in [3.05, 3.63) is 36.5 Å². The van der Waals surface area contributed by atoms with Crippen LogP contribution in [0.3, 0.4) is 0 Å². The lowest BCUT2D eigenvalue weighted by molar-refractivity contribution is -0.117. The quantitative estimate of drug-likeness (QED) is 0.697. The summed E-state index contributed by atoms with van der Waals surface area (Å²) in [4.78, 5) is 30.9. The number of amides is 3. The van der Waals surface area contributed by atoms with Crippen LogP contribution in [0.25, 0.3) is 0 Å². The Bertz CT molecular complexity index is 617. The van der Waals surface area contributed by atoms with E-state index in [1.807, 2.05) is 0 Å². The normalized spacial score (nSPS) is 10.1. The summed E-state index contributed by atoms with van der Waals surface area (Å²) < 4.78 is 5.05. The van der Waals surface area contributed by atoms with Crippen LogP contribution < -0.4 is 16.4 Å². The molecule has 110 valence electrons. The minimum absolute atomic E-state index is 0.0110. The predicted octanol–water partition coefficient (Wildman–Crippen LogP) is 0.770. The summed E-state index contributed by atoms with van der Waals surface area (Å²) in [5.41, 5.74) is 5.59. The molecule has 0 aliphatic rings. The van der Waals surface area contributed by atoms with Gasteiger partial charge in [-0.25, -0.2) is 14.8 Å². The highest BCUT2D eigenvalue weighted by atomic mass is 32.2. The van der Waals surface area contributed by atoms with Crippen molar-refractivity contribution < 1.29 is 14.0 Å². The Hall–Kier alpha value is -2.55. The lowest BCUT2D eigenvalue weighted by Gasteiger charge is -2.05. The van der Waals surface area contributed by atoms with Crippen LogP contribution >= 0.6 is 11.8 Å². The lowest BCUT2D eigenvalue weighted by atomic mass is 10.4. The third-order valence-electron chi connectivity index (χ3n) is 2.29. The molecule has 0 aliphatic heterocycles. The van der Waals surface area contributed by atoms with Crippen molar-refractivity contribution in [1.82, 2.24) is 20.6 Å². The van der Waals surface area contributed by atoms with Gasteiger partial charge in [0.05, 0.1) is 18.6 Å². The third kappa shape index (κ3) is 4.80. The van der Waals surface area contributed by atoms with Crippen molar-refractivity contribution in [1.29, 1.82) is 0 Å². The van der Waals surface area contributed by atoms with Crippen LogP contribution in [0.1, 0.15) is 5.76 Å². The largest absolute Gasteiger partial charge is 0.467 e. The summed E-state index contributed by atoms with van der Waals surface area (Å²) in [6.45, 7) is 0.205. The number of nitrogens with one attached hydrogen (secondary N) is 2. The smallest absolute Gasteiger partial charge is 0.321 e. The van der Waals surface area contributed by atoms with Gasteiger partial charge in [0.1, 0.15) is 10.8 Å². The van der Waals surface area contributed by atoms with E-state index in [9.17, 15) is 9.59 Å². The van der Waals surface area contributed by atoms with Crippen molar-refractivity contribution >= 4 is 29.5 Å². The Morgan fingerprint density at radius 1 is 1.33 bits per heavy atom. The van der Waals surface area contributed by atoms with Crippen LogP contribution in [-0.2, 0) is 11.3 Å². The van der Waals surface area contributed by atoms with E-state index in [0.717, 1.165) is 11.8 Å². The minimum atomic E-state index is -0.593. The molecule has 2 aromatic rings. The Morgan fingerprint density at radius 3 is 2.86 bits per heavy atom. The molecule has 2 heterocycles. The van der Waals surface area contributed by atoms with Gasteiger partial charge in [-0.15, -0.1) is 0 Å². The van der Waals surface area contributed by atoms with Gasteiger partial charge in [0.2, 0.25) is 5.91 Å². The second-order valence-corrected chi connectivity index (χ2v) is 4.81. The Kier molecular flexibility index (Phi) is 5.16. The number of anilines is 1. The number of rotatable bonds is 5. The number of hydrogen-bond donors (Lipinski definition) is 3. The van der Waals surface area contributed by atoms with Crippen LogP contribution in [0, 0.1) is 0 Å². The molecule has 0 saturated carbocycles. The first-order valence-electron chi connectivity index (χ1n) is 5.94. The minimum Gasteiger partial charge on any atom is -0.467 e. The zero-order valence-electron chi connectivity index (χ0n) is 10.9. The predicted molar refractivity (Wildman–Crippen MR) is 76.3 cm³/mol. The van der Waals surface area contributed by atoms with E-state index >= 15 is 0 Å². The zero-order chi connectivity index (χ0) is 15.1. The van der Waals surface area contributed by atoms with Gasteiger partial charge in [0.25, 0.3) is 0 Å². The van der Waals surface area contributed by atoms with E-state index in [1.165, 1.54) is 18.7 Å². The molecular formula is C12H13N5O3S. The van der Waals surface area contributed by atoms with Crippen LogP contribution in [0.4, 0.5) is 10.6 Å². The fraction of sp³-hybridized carbons (Fsp3) is 0.167. The van der Waals surface area contributed by atoms with Crippen molar-refractivity contribution in [2.24, 2.45) is 0 Å². The summed E-state index contributed by atoms with van der Waals surface area (Å²) in [7, 11) is 0. The van der Waals surface area contributed by atoms with E-state index in [2.05, 4.69) is 20.6 Å². The zero-order valence-corrected chi connectivity index (χ0v) is 11.7. The first-order valence-corrected chi connectivity index (χ1v) is 6.93. The van der Waals surface area contributed by atoms with E-state index in [1.54, 1.807) is 12.1 Å². The van der Waals surface area contributed by atoms with Gasteiger partial charge in [-0.05, 0) is 12.1 Å². The number of nitrogens with zero attached hydrogens (tertiary/aromatic N) is 2. The summed E-state index contributed by atoms with van der Waals surface area (Å²) in [5.74, 6) is 0.399. The van der Waals surface area contributed by atoms with E-state index in [-0.39, 0.29) is 18.1 Å². The fourth-order valence-corrected chi connectivity index (χ4v) is 2.04. The molecule has 0 saturated heterocycles. The molecule has 8 nitrogen and oxygen atoms in total. The molecule has 2 rings (SSSR count). The second kappa shape index (κ2) is 7.29. The molecule has 0 radical (unpaired) electrons. The van der Waals surface area contributed by atoms with Crippen molar-refractivity contribution in [2.45, 2.75) is 11.6 Å². The number of thioether (sulfide) groups is 1. The first kappa shape index (κ1) is 14.9. The van der Waals surface area contributed by atoms with Crippen LogP contribution in [0.15, 0.2) is 40.2 Å². The molecule has 0 spiro atoms. The number of urea groups is 1. The van der Waals surface area contributed by atoms with Crippen molar-refractivity contribution in [2.75, 3.05) is 11.5 Å². The number of nitrogen functional groups attached to an aromatic ring is 1. The monoisotopic (exact) mass is 307 g/mol. The number of carbonyl (C=O) groups is 2. The third-order valence-corrected chi connectivity index (χ3v) is 3.28. The van der Waals surface area contributed by atoms with E-state index in [0.29, 0.717) is 10.8 Å². The summed E-state index contributed by atoms with van der Waals surface area (Å²) >= 11 is 1.10. The van der Waals surface area contributed by atoms with Crippen LogP contribution in [0.5, 0.6) is 0 Å². The van der Waals surface area contributed by atoms with Gasteiger partial charge in [0.15, 0.2) is 5.82 Å². The number of aromatic nitrogens is 2. The molecule has 9 heteroatoms. The maximum atomic E-state index is 11.6. The molecule has 0 bridgehead atoms. The van der Waals surface area contributed by atoms with Gasteiger partial charge in [-0.2, -0.15) is 0 Å². The SMILES string of the molecule is Nc1nccnc1SCC(=O)NC(=O)NCc1ccco1. The molecule has 4 N–H and O–H groups in total. The number of nitrogens with two attached hydrogens (primary N) is 1. The maximum Gasteiger partial charge on any atom is 0.321 e. The Labute approximate surface area is 124 Å². The lowest BCUT2D eigenvalue weighted by Crippen LogP contribution is -2.39. The molecule has 0 aromatic carbocycles. The average molecular weight is 307 g/mol. The standard InChI is InChI=1S/C12H13N5O3S/c13-10-11(15-4-3-14-10)21-7-9(18)17-12(19)16-6-8-2-1-5-20-8/h1-5H,6-7H2,(H2,13,14)(H2,16,17,18,19). The van der Waals surface area contributed by atoms with Crippen molar-refractivity contribution in [3.8, 4) is 0 Å². The molecule has 2 aromatic heterocycles. The number of carbonyl (C=O) groups excluding carboxylic acids is 2. The Morgan fingerprint density at radius 2 is 2.14 bits per heavy atom. The first-order chi connectivity index (χ1) is 10.1. The van der Waals surface area contributed by atoms with Gasteiger partial charge in [-0.1, -0.05) is 11.8 Å². The summed E-state index contributed by atoms with van der Waals surface area (Å²) in [6.07, 6.45) is 4.44. The Balaban J connectivity index is 1.71. The van der Waals surface area contributed by atoms with Gasteiger partial charge in [-0.3, -0.25) is 10.1 Å². The number of hydrogen-bond acceptors (Lipinski definition) is 7. The number of imide groups is 1. The molecular weight excluding hydrogens is 294 g/mol. The highest BCUT2D eigenvalue weighted by Crippen LogP contribution is 2.18. The van der Waals surface area contributed by atoms with E-state index in [4.69, 9.17) is 10.2 Å². The molecule has 0 aliphatic carbocycles. The molecule has 0 fully saturated rings. The summed E-state index contributed by atoms with van der Waals surface area (Å²) in [5, 5.41) is 5.14. The highest BCUT2D eigenvalue weighted by molar-refractivity contribution is 8.00. The van der Waals surface area contributed by atoms with Gasteiger partial charge in [0, 0.05) is 12.4 Å². The number of furan rings is 1. The molecule has 3 amide bonds. The molecule has 0 unspecified atom stereocenters. The van der Waals surface area contributed by atoms with Crippen LogP contribution in [-0.4, -0.2) is 27.7 Å². The molecule has 0 atom stereocenters. The molecule has 21 heavy (non-hydrogen) atoms. The van der Waals surface area contributed by atoms with E-state index < -0.39 is 11.9 Å². The average Bonchev–Trinajstić information content (AvgIpc) is 2.97. The fourth-order valence-electron chi connectivity index (χ4n) is 1.37. The maximum absolute atomic E-state index is 11.6. The van der Waals surface area contributed by atoms with Crippen LogP contribution in [0.2, 0.25) is 0 Å². The van der Waals surface area contributed by atoms with Crippen molar-refractivity contribution in [3.63, 3.8) is 0 Å². The van der Waals surface area contributed by atoms with Gasteiger partial charge < -0.3 is 15.5 Å².